The van der Waals surface area contributed by atoms with Crippen molar-refractivity contribution in [2.24, 2.45) is 0 Å². The van der Waals surface area contributed by atoms with Crippen molar-refractivity contribution in [2.45, 2.75) is 207 Å². The summed E-state index contributed by atoms with van der Waals surface area (Å²) in [6, 6.07) is 0. The summed E-state index contributed by atoms with van der Waals surface area (Å²) in [6.45, 7) is 7.44. The molecule has 0 aromatic rings. The van der Waals surface area contributed by atoms with Gasteiger partial charge >= 0.3 is 11.9 Å². The molecular weight excluding hydrogens is 717 g/mol. The molecule has 0 aliphatic carbocycles. The highest BCUT2D eigenvalue weighted by atomic mass is 16.6. The van der Waals surface area contributed by atoms with E-state index in [1.807, 2.05) is 12.2 Å². The second-order valence-corrected chi connectivity index (χ2v) is 15.3. The molecule has 58 heavy (non-hydrogen) atoms. The summed E-state index contributed by atoms with van der Waals surface area (Å²) >= 11 is 0. The minimum Gasteiger partial charge on any atom is -0.462 e. The predicted molar refractivity (Wildman–Crippen MR) is 251 cm³/mol. The zero-order valence-electron chi connectivity index (χ0n) is 37.8. The van der Waals surface area contributed by atoms with Crippen LogP contribution in [0, 0.1) is 0 Å². The molecule has 0 N–H and O–H groups in total. The van der Waals surface area contributed by atoms with Gasteiger partial charge in [-0.15, -0.1) is 0 Å². The highest BCUT2D eigenvalue weighted by Crippen LogP contribution is 2.14. The number of rotatable bonds is 42. The first-order chi connectivity index (χ1) is 28.6. The maximum absolute atomic E-state index is 12.7. The third-order valence-corrected chi connectivity index (χ3v) is 9.64. The lowest BCUT2D eigenvalue weighted by atomic mass is 10.0. The van der Waals surface area contributed by atoms with E-state index >= 15 is 0 Å². The van der Waals surface area contributed by atoms with Crippen LogP contribution in [0.5, 0.6) is 0 Å². The van der Waals surface area contributed by atoms with Crippen molar-refractivity contribution in [1.29, 1.82) is 0 Å². The zero-order valence-corrected chi connectivity index (χ0v) is 37.8. The van der Waals surface area contributed by atoms with Gasteiger partial charge in [0.1, 0.15) is 6.61 Å². The van der Waals surface area contributed by atoms with Gasteiger partial charge in [0, 0.05) is 19.4 Å². The monoisotopic (exact) mass is 805 g/mol. The van der Waals surface area contributed by atoms with E-state index in [2.05, 4.69) is 106 Å². The van der Waals surface area contributed by atoms with Crippen molar-refractivity contribution in [2.75, 3.05) is 19.8 Å². The summed E-state index contributed by atoms with van der Waals surface area (Å²) in [5.74, 6) is -0.588. The SMILES string of the molecule is CC/C=C\C/C=C\C/C=C\C/C=C\CCC(=O)OCC(COCCCCCCCCCCCCCCCCCC)OC(=O)CC/C=C\C/C=C\C/C=C\C/C=C\CC. The van der Waals surface area contributed by atoms with Crippen LogP contribution in [-0.4, -0.2) is 37.9 Å². The van der Waals surface area contributed by atoms with E-state index < -0.39 is 6.10 Å². The molecule has 0 aliphatic heterocycles. The first-order valence-corrected chi connectivity index (χ1v) is 23.8. The number of esters is 2. The molecule has 5 heteroatoms. The Balaban J connectivity index is 4.43. The zero-order chi connectivity index (χ0) is 42.1. The van der Waals surface area contributed by atoms with Crippen LogP contribution in [0.25, 0.3) is 0 Å². The van der Waals surface area contributed by atoms with E-state index in [9.17, 15) is 9.59 Å². The third kappa shape index (κ3) is 45.5. The van der Waals surface area contributed by atoms with Crippen molar-refractivity contribution in [3.8, 4) is 0 Å². The topological polar surface area (TPSA) is 61.8 Å². The van der Waals surface area contributed by atoms with Crippen molar-refractivity contribution in [3.63, 3.8) is 0 Å². The number of hydrogen-bond donors (Lipinski definition) is 0. The molecule has 1 unspecified atom stereocenters. The fraction of sp³-hybridized carbons (Fsp3) is 0.660. The van der Waals surface area contributed by atoms with Gasteiger partial charge in [-0.2, -0.15) is 0 Å². The molecule has 0 amide bonds. The molecule has 0 heterocycles. The third-order valence-electron chi connectivity index (χ3n) is 9.64. The summed E-state index contributed by atoms with van der Waals surface area (Å²) in [6.07, 6.45) is 64.4. The van der Waals surface area contributed by atoms with Crippen LogP contribution >= 0.6 is 0 Å². The van der Waals surface area contributed by atoms with Crippen LogP contribution in [0.15, 0.2) is 97.2 Å². The van der Waals surface area contributed by atoms with Crippen LogP contribution in [-0.2, 0) is 23.8 Å². The summed E-state index contributed by atoms with van der Waals surface area (Å²) in [5, 5.41) is 0. The fourth-order valence-corrected chi connectivity index (χ4v) is 6.18. The van der Waals surface area contributed by atoms with Crippen LogP contribution in [0.2, 0.25) is 0 Å². The Hall–Kier alpha value is -3.18. The molecule has 1 atom stereocenters. The summed E-state index contributed by atoms with van der Waals surface area (Å²) < 4.78 is 17.2. The maximum atomic E-state index is 12.7. The molecule has 0 aromatic carbocycles. The lowest BCUT2D eigenvalue weighted by Crippen LogP contribution is -2.30. The molecule has 0 rings (SSSR count). The largest absolute Gasteiger partial charge is 0.462 e. The lowest BCUT2D eigenvalue weighted by Gasteiger charge is -2.18. The van der Waals surface area contributed by atoms with Crippen LogP contribution in [0.3, 0.4) is 0 Å². The smallest absolute Gasteiger partial charge is 0.306 e. The minimum atomic E-state index is -0.604. The Morgan fingerprint density at radius 3 is 1.14 bits per heavy atom. The summed E-state index contributed by atoms with van der Waals surface area (Å²) in [4.78, 5) is 25.2. The minimum absolute atomic E-state index is 0.0156. The highest BCUT2D eigenvalue weighted by Gasteiger charge is 2.17. The molecule has 0 aromatic heterocycles. The maximum Gasteiger partial charge on any atom is 0.306 e. The van der Waals surface area contributed by atoms with Gasteiger partial charge in [-0.25, -0.2) is 0 Å². The van der Waals surface area contributed by atoms with Crippen LogP contribution in [0.1, 0.15) is 201 Å². The molecule has 0 spiro atoms. The molecular formula is C53H88O5. The van der Waals surface area contributed by atoms with Crippen molar-refractivity contribution >= 4 is 11.9 Å². The average Bonchev–Trinajstić information content (AvgIpc) is 3.22. The number of carbonyl (C=O) groups excluding carboxylic acids is 2. The molecule has 330 valence electrons. The Labute approximate surface area is 358 Å². The number of carbonyl (C=O) groups is 2. The second kappa shape index (κ2) is 48.2. The summed E-state index contributed by atoms with van der Waals surface area (Å²) in [7, 11) is 0. The number of hydrogen-bond acceptors (Lipinski definition) is 5. The van der Waals surface area contributed by atoms with Crippen molar-refractivity contribution < 1.29 is 23.8 Å². The molecule has 0 fully saturated rings. The fourth-order valence-electron chi connectivity index (χ4n) is 6.18. The van der Waals surface area contributed by atoms with Gasteiger partial charge in [0.25, 0.3) is 0 Å². The predicted octanol–water partition coefficient (Wildman–Crippen LogP) is 15.9. The van der Waals surface area contributed by atoms with Crippen molar-refractivity contribution in [1.82, 2.24) is 0 Å². The van der Waals surface area contributed by atoms with Gasteiger partial charge in [-0.05, 0) is 70.6 Å². The van der Waals surface area contributed by atoms with Gasteiger partial charge in [-0.3, -0.25) is 9.59 Å². The number of ether oxygens (including phenoxy) is 3. The average molecular weight is 805 g/mol. The second-order valence-electron chi connectivity index (χ2n) is 15.3. The Kier molecular flexibility index (Phi) is 45.5. The van der Waals surface area contributed by atoms with E-state index in [0.29, 0.717) is 25.9 Å². The van der Waals surface area contributed by atoms with Crippen molar-refractivity contribution in [3.05, 3.63) is 97.2 Å². The van der Waals surface area contributed by atoms with E-state index in [0.717, 1.165) is 64.2 Å². The van der Waals surface area contributed by atoms with E-state index in [1.54, 1.807) is 0 Å². The van der Waals surface area contributed by atoms with Gasteiger partial charge in [0.15, 0.2) is 6.10 Å². The molecule has 5 nitrogen and oxygen atoms in total. The normalized spacial score (nSPS) is 13.1. The Bertz CT molecular complexity index is 1140. The summed E-state index contributed by atoms with van der Waals surface area (Å²) in [5.41, 5.74) is 0. The van der Waals surface area contributed by atoms with E-state index in [1.165, 1.54) is 89.9 Å². The van der Waals surface area contributed by atoms with Crippen LogP contribution < -0.4 is 0 Å². The molecule has 0 radical (unpaired) electrons. The van der Waals surface area contributed by atoms with Gasteiger partial charge in [0.2, 0.25) is 0 Å². The lowest BCUT2D eigenvalue weighted by molar-refractivity contribution is -0.162. The first kappa shape index (κ1) is 54.8. The van der Waals surface area contributed by atoms with E-state index in [-0.39, 0.29) is 31.6 Å². The molecule has 0 saturated heterocycles. The van der Waals surface area contributed by atoms with Gasteiger partial charge in [0.05, 0.1) is 6.61 Å². The standard InChI is InChI=1S/C53H88O5/c1-4-7-10-13-16-19-22-25-26-27-30-33-36-39-42-45-48-56-49-51(58-53(55)47-44-41-38-35-32-29-24-21-18-15-12-9-6-3)50-57-52(54)46-43-40-37-34-31-28-23-20-17-14-11-8-5-2/h8-9,11-12,17-18,20-21,28-29,31-32,37-38,40-41,51H,4-7,10,13-16,19,22-27,30,33-36,39,42-50H2,1-3H3/b11-8-,12-9-,20-17-,21-18-,31-28-,32-29-,40-37-,41-38-. The van der Waals surface area contributed by atoms with Crippen LogP contribution in [0.4, 0.5) is 0 Å². The Morgan fingerprint density at radius 2 is 0.741 bits per heavy atom. The Morgan fingerprint density at radius 1 is 0.397 bits per heavy atom. The molecule has 0 saturated carbocycles. The highest BCUT2D eigenvalue weighted by molar-refractivity contribution is 5.70. The van der Waals surface area contributed by atoms with Gasteiger partial charge in [-0.1, -0.05) is 214 Å². The van der Waals surface area contributed by atoms with Gasteiger partial charge < -0.3 is 14.2 Å². The molecule has 0 aliphatic rings. The number of unbranched alkanes of at least 4 members (excludes halogenated alkanes) is 15. The first-order valence-electron chi connectivity index (χ1n) is 23.8. The molecule has 0 bridgehead atoms. The quantitative estimate of drug-likeness (QED) is 0.0349. The van der Waals surface area contributed by atoms with E-state index in [4.69, 9.17) is 14.2 Å². The number of allylic oxidation sites excluding steroid dienone is 16.